The predicted octanol–water partition coefficient (Wildman–Crippen LogP) is 3.79. The summed E-state index contributed by atoms with van der Waals surface area (Å²) in [5.41, 5.74) is 1.58. The first-order valence-electron chi connectivity index (χ1n) is 11.4. The number of rotatable bonds is 3. The van der Waals surface area contributed by atoms with Crippen molar-refractivity contribution in [3.05, 3.63) is 53.1 Å². The maximum atomic E-state index is 12.4. The molecule has 0 aliphatic carbocycles. The van der Waals surface area contributed by atoms with Gasteiger partial charge in [-0.05, 0) is 63.3 Å². The van der Waals surface area contributed by atoms with Gasteiger partial charge < -0.3 is 19.6 Å². The highest BCUT2D eigenvalue weighted by molar-refractivity contribution is 6.31. The van der Waals surface area contributed by atoms with Crippen molar-refractivity contribution in [2.24, 2.45) is 16.8 Å². The lowest BCUT2D eigenvalue weighted by Gasteiger charge is -2.44. The van der Waals surface area contributed by atoms with E-state index in [1.807, 2.05) is 43.4 Å². The number of nitrogens with zero attached hydrogens (tertiary/aromatic N) is 4. The minimum atomic E-state index is -0.710. The molecule has 1 unspecified atom stereocenters. The van der Waals surface area contributed by atoms with Crippen LogP contribution in [0.1, 0.15) is 12.0 Å². The Bertz CT molecular complexity index is 1090. The molecule has 3 aliphatic heterocycles. The van der Waals surface area contributed by atoms with E-state index < -0.39 is 11.9 Å². The lowest BCUT2D eigenvalue weighted by Crippen LogP contribution is -2.58. The molecule has 1 N–H and O–H groups in total. The molecule has 2 aromatic rings. The van der Waals surface area contributed by atoms with E-state index in [2.05, 4.69) is 21.7 Å². The first-order valence-corrected chi connectivity index (χ1v) is 11.8. The number of benzene rings is 2. The number of likely N-dealkylation sites (N-methyl/N-ethyl adjacent to an activating group) is 1. The first kappa shape index (κ1) is 22.2. The molecular formula is C25H29ClN4O3. The second kappa shape index (κ2) is 8.97. The maximum absolute atomic E-state index is 12.4. The van der Waals surface area contributed by atoms with Gasteiger partial charge in [0.25, 0.3) is 0 Å². The predicted molar refractivity (Wildman–Crippen MR) is 129 cm³/mol. The zero-order valence-corrected chi connectivity index (χ0v) is 19.7. The third-order valence-corrected chi connectivity index (χ3v) is 7.36. The molecule has 2 saturated heterocycles. The van der Waals surface area contributed by atoms with Gasteiger partial charge >= 0.3 is 5.97 Å². The molecule has 2 fully saturated rings. The summed E-state index contributed by atoms with van der Waals surface area (Å²) in [4.78, 5) is 24.1. The van der Waals surface area contributed by atoms with Crippen LogP contribution in [0.25, 0.3) is 0 Å². The van der Waals surface area contributed by atoms with Crippen molar-refractivity contribution in [3.63, 3.8) is 0 Å². The van der Waals surface area contributed by atoms with Crippen LogP contribution in [0.2, 0.25) is 5.02 Å². The first-order chi connectivity index (χ1) is 15.9. The number of para-hydroxylation sites is 1. The average molecular weight is 469 g/mol. The van der Waals surface area contributed by atoms with Crippen LogP contribution in [0.4, 0.5) is 5.69 Å². The van der Waals surface area contributed by atoms with Crippen molar-refractivity contribution in [1.29, 1.82) is 0 Å². The van der Waals surface area contributed by atoms with Crippen LogP contribution in [0.15, 0.2) is 47.5 Å². The van der Waals surface area contributed by atoms with E-state index >= 15 is 0 Å². The van der Waals surface area contributed by atoms with Crippen molar-refractivity contribution in [1.82, 2.24) is 14.7 Å². The van der Waals surface area contributed by atoms with E-state index in [1.165, 1.54) is 0 Å². The number of carbonyl (C=O) groups is 1. The summed E-state index contributed by atoms with van der Waals surface area (Å²) in [6, 6.07) is 13.2. The van der Waals surface area contributed by atoms with Gasteiger partial charge in [-0.2, -0.15) is 0 Å². The van der Waals surface area contributed by atoms with E-state index in [0.717, 1.165) is 49.7 Å². The van der Waals surface area contributed by atoms with Gasteiger partial charge in [-0.1, -0.05) is 23.7 Å². The quantitative estimate of drug-likeness (QED) is 0.739. The van der Waals surface area contributed by atoms with Crippen molar-refractivity contribution >= 4 is 29.1 Å². The van der Waals surface area contributed by atoms with Crippen LogP contribution in [-0.2, 0) is 4.79 Å². The Morgan fingerprint density at radius 1 is 1.12 bits per heavy atom. The van der Waals surface area contributed by atoms with Gasteiger partial charge in [-0.15, -0.1) is 0 Å². The summed E-state index contributed by atoms with van der Waals surface area (Å²) in [6.45, 7) is 3.89. The highest BCUT2D eigenvalue weighted by Gasteiger charge is 2.43. The van der Waals surface area contributed by atoms with Crippen LogP contribution in [0.3, 0.4) is 0 Å². The second-order valence-corrected chi connectivity index (χ2v) is 9.75. The van der Waals surface area contributed by atoms with Crippen molar-refractivity contribution < 1.29 is 14.6 Å². The Morgan fingerprint density at radius 3 is 2.70 bits per heavy atom. The molecule has 5 rings (SSSR count). The third-order valence-electron chi connectivity index (χ3n) is 7.13. The summed E-state index contributed by atoms with van der Waals surface area (Å²) in [6.07, 6.45) is 0.918. The number of fused-ring (bicyclic) bond motifs is 2. The largest absolute Gasteiger partial charge is 0.481 e. The smallest absolute Gasteiger partial charge is 0.308 e. The summed E-state index contributed by atoms with van der Waals surface area (Å²) < 4.78 is 6.20. The van der Waals surface area contributed by atoms with Crippen LogP contribution in [-0.4, -0.2) is 84.5 Å². The highest BCUT2D eigenvalue weighted by Crippen LogP contribution is 2.40. The van der Waals surface area contributed by atoms with E-state index in [4.69, 9.17) is 21.3 Å². The normalized spacial score (nSPS) is 24.3. The number of aliphatic carboxylic acids is 1. The van der Waals surface area contributed by atoms with Gasteiger partial charge in [-0.3, -0.25) is 9.69 Å². The van der Waals surface area contributed by atoms with Crippen molar-refractivity contribution in [2.45, 2.75) is 12.5 Å². The number of hydrogen-bond donors (Lipinski definition) is 1. The Balaban J connectivity index is 1.52. The Hall–Kier alpha value is -2.61. The Morgan fingerprint density at radius 2 is 1.94 bits per heavy atom. The maximum Gasteiger partial charge on any atom is 0.308 e. The number of halogens is 1. The molecule has 174 valence electrons. The van der Waals surface area contributed by atoms with Gasteiger partial charge in [-0.25, -0.2) is 4.99 Å². The molecule has 3 heterocycles. The number of likely N-dealkylation sites (tertiary alicyclic amines) is 1. The fourth-order valence-corrected chi connectivity index (χ4v) is 5.53. The SMILES string of the molecule is CN1CCC([C@@H](C(=O)O)[C@H]2CN(C3=Nc4cc(Cl)ccc4Oc4ccccc43)CCN2C)C1. The molecular weight excluding hydrogens is 440 g/mol. The van der Waals surface area contributed by atoms with Gasteiger partial charge in [0, 0.05) is 37.2 Å². The molecule has 8 heteroatoms. The molecule has 0 bridgehead atoms. The number of hydrogen-bond acceptors (Lipinski definition) is 6. The number of carboxylic acids is 1. The average Bonchev–Trinajstić information content (AvgIpc) is 3.13. The molecule has 3 aliphatic rings. The lowest BCUT2D eigenvalue weighted by atomic mass is 9.83. The monoisotopic (exact) mass is 468 g/mol. The number of aliphatic imine (C=N–C) groups is 1. The van der Waals surface area contributed by atoms with Gasteiger partial charge in [0.05, 0.1) is 11.5 Å². The van der Waals surface area contributed by atoms with E-state index in [9.17, 15) is 9.90 Å². The standard InChI is InChI=1S/C25H29ClN4O3/c1-28-10-9-16(14-28)23(25(31)32)20-15-30(12-11-29(20)2)24-18-5-3-4-6-21(18)33-22-8-7-17(26)13-19(22)27-24/h3-8,13,16,20,23H,9-12,14-15H2,1-2H3,(H,31,32)/t16?,20-,23-/m1/s1. The van der Waals surface area contributed by atoms with Crippen LogP contribution in [0, 0.1) is 11.8 Å². The molecule has 3 atom stereocenters. The van der Waals surface area contributed by atoms with Gasteiger partial charge in [0.15, 0.2) is 5.75 Å². The zero-order valence-electron chi connectivity index (χ0n) is 18.9. The molecule has 33 heavy (non-hydrogen) atoms. The summed E-state index contributed by atoms with van der Waals surface area (Å²) >= 11 is 6.26. The molecule has 7 nitrogen and oxygen atoms in total. The number of carboxylic acid groups (broad SMARTS) is 1. The topological polar surface area (TPSA) is 68.6 Å². The number of piperazine rings is 1. The lowest BCUT2D eigenvalue weighted by molar-refractivity contribution is -0.147. The van der Waals surface area contributed by atoms with Gasteiger partial charge in [0.2, 0.25) is 0 Å². The van der Waals surface area contributed by atoms with Crippen molar-refractivity contribution in [2.75, 3.05) is 46.8 Å². The minimum absolute atomic E-state index is 0.106. The summed E-state index contributed by atoms with van der Waals surface area (Å²) in [5, 5.41) is 10.8. The molecule has 0 spiro atoms. The van der Waals surface area contributed by atoms with E-state index in [-0.39, 0.29) is 12.0 Å². The molecule has 0 amide bonds. The zero-order chi connectivity index (χ0) is 23.1. The summed E-state index contributed by atoms with van der Waals surface area (Å²) in [7, 11) is 4.10. The van der Waals surface area contributed by atoms with Crippen LogP contribution < -0.4 is 4.74 Å². The fraction of sp³-hybridized carbons (Fsp3) is 0.440. The van der Waals surface area contributed by atoms with E-state index in [0.29, 0.717) is 23.0 Å². The fourth-order valence-electron chi connectivity index (χ4n) is 5.36. The van der Waals surface area contributed by atoms with Gasteiger partial charge in [0.1, 0.15) is 17.3 Å². The number of ether oxygens (including phenoxy) is 1. The third kappa shape index (κ3) is 4.33. The minimum Gasteiger partial charge on any atom is -0.481 e. The Kier molecular flexibility index (Phi) is 6.03. The number of amidine groups is 1. The molecule has 0 radical (unpaired) electrons. The highest BCUT2D eigenvalue weighted by atomic mass is 35.5. The van der Waals surface area contributed by atoms with E-state index in [1.54, 1.807) is 6.07 Å². The van der Waals surface area contributed by atoms with Crippen LogP contribution >= 0.6 is 11.6 Å². The van der Waals surface area contributed by atoms with Crippen molar-refractivity contribution in [3.8, 4) is 11.5 Å². The molecule has 0 aromatic heterocycles. The Labute approximate surface area is 199 Å². The molecule has 2 aromatic carbocycles. The molecule has 0 saturated carbocycles. The second-order valence-electron chi connectivity index (χ2n) is 9.31. The summed E-state index contributed by atoms with van der Waals surface area (Å²) in [5.74, 6) is 1.20. The van der Waals surface area contributed by atoms with Crippen LogP contribution in [0.5, 0.6) is 11.5 Å².